The molecule has 1 aliphatic heterocycles. The first-order chi connectivity index (χ1) is 8.67. The van der Waals surface area contributed by atoms with Crippen molar-refractivity contribution in [3.05, 3.63) is 0 Å². The molecule has 2 unspecified atom stereocenters. The summed E-state index contributed by atoms with van der Waals surface area (Å²) in [7, 11) is 0. The van der Waals surface area contributed by atoms with Gasteiger partial charge in [0.25, 0.3) is 0 Å². The number of carbonyl (C=O) groups excluding carboxylic acids is 1. The minimum Gasteiger partial charge on any atom is -0.378 e. The van der Waals surface area contributed by atoms with Gasteiger partial charge in [-0.25, -0.2) is 0 Å². The monoisotopic (exact) mass is 273 g/mol. The quantitative estimate of drug-likeness (QED) is 0.800. The molecule has 1 heterocycles. The highest BCUT2D eigenvalue weighted by molar-refractivity contribution is 6.18. The molecule has 0 aromatic heterocycles. The van der Waals surface area contributed by atoms with Gasteiger partial charge in [-0.2, -0.15) is 0 Å². The van der Waals surface area contributed by atoms with Gasteiger partial charge in [-0.05, 0) is 26.2 Å². The molecule has 0 aromatic rings. The fourth-order valence-electron chi connectivity index (χ4n) is 3.14. The molecule has 0 bridgehead atoms. The molecule has 1 saturated heterocycles. The van der Waals surface area contributed by atoms with Crippen molar-refractivity contribution in [2.75, 3.05) is 19.0 Å². The van der Waals surface area contributed by atoms with Crippen LogP contribution < -0.4 is 5.32 Å². The van der Waals surface area contributed by atoms with E-state index in [1.54, 1.807) is 0 Å². The van der Waals surface area contributed by atoms with Gasteiger partial charge in [0.1, 0.15) is 0 Å². The predicted octanol–water partition coefficient (Wildman–Crippen LogP) is 2.72. The molecule has 1 N–H and O–H groups in total. The first kappa shape index (κ1) is 14.1. The Morgan fingerprint density at radius 2 is 2.11 bits per heavy atom. The second-order valence-electron chi connectivity index (χ2n) is 5.88. The standard InChI is InChI=1S/C14H24ClNO2/c1-11-12(5-8-18-11)13(17)16-10-14(9-15)6-3-2-4-7-14/h11-12H,2-10H2,1H3,(H,16,17). The summed E-state index contributed by atoms with van der Waals surface area (Å²) >= 11 is 6.13. The number of alkyl halides is 1. The molecule has 1 aliphatic carbocycles. The Kier molecular flexibility index (Phi) is 4.91. The predicted molar refractivity (Wildman–Crippen MR) is 72.8 cm³/mol. The highest BCUT2D eigenvalue weighted by atomic mass is 35.5. The highest BCUT2D eigenvalue weighted by Crippen LogP contribution is 2.36. The van der Waals surface area contributed by atoms with Crippen LogP contribution in [0, 0.1) is 11.3 Å². The minimum absolute atomic E-state index is 0.0287. The van der Waals surface area contributed by atoms with Gasteiger partial charge in [0.2, 0.25) is 5.91 Å². The Hall–Kier alpha value is -0.280. The van der Waals surface area contributed by atoms with Crippen LogP contribution in [0.1, 0.15) is 45.4 Å². The maximum atomic E-state index is 12.1. The van der Waals surface area contributed by atoms with Gasteiger partial charge in [0, 0.05) is 24.4 Å². The lowest BCUT2D eigenvalue weighted by Crippen LogP contribution is -2.43. The van der Waals surface area contributed by atoms with Gasteiger partial charge in [-0.3, -0.25) is 4.79 Å². The molecular formula is C14H24ClNO2. The molecule has 3 nitrogen and oxygen atoms in total. The first-order valence-electron chi connectivity index (χ1n) is 7.12. The van der Waals surface area contributed by atoms with E-state index in [0.717, 1.165) is 25.8 Å². The average Bonchev–Trinajstić information content (AvgIpc) is 2.83. The van der Waals surface area contributed by atoms with Gasteiger partial charge in [-0.15, -0.1) is 11.6 Å². The summed E-state index contributed by atoms with van der Waals surface area (Å²) in [6.07, 6.45) is 6.99. The van der Waals surface area contributed by atoms with Gasteiger partial charge < -0.3 is 10.1 Å². The van der Waals surface area contributed by atoms with Crippen molar-refractivity contribution in [3.8, 4) is 0 Å². The Bertz CT molecular complexity index is 290. The van der Waals surface area contributed by atoms with Crippen LogP contribution in [0.2, 0.25) is 0 Å². The SMILES string of the molecule is CC1OCCC1C(=O)NCC1(CCl)CCCCC1. The second-order valence-corrected chi connectivity index (χ2v) is 6.15. The van der Waals surface area contributed by atoms with Crippen LogP contribution in [0.5, 0.6) is 0 Å². The Morgan fingerprint density at radius 3 is 2.67 bits per heavy atom. The summed E-state index contributed by atoms with van der Waals surface area (Å²) in [6, 6.07) is 0. The molecular weight excluding hydrogens is 250 g/mol. The topological polar surface area (TPSA) is 38.3 Å². The number of nitrogens with one attached hydrogen (secondary N) is 1. The summed E-state index contributed by atoms with van der Waals surface area (Å²) in [5, 5.41) is 3.11. The molecule has 0 radical (unpaired) electrons. The highest BCUT2D eigenvalue weighted by Gasteiger charge is 2.34. The lowest BCUT2D eigenvalue weighted by molar-refractivity contribution is -0.126. The summed E-state index contributed by atoms with van der Waals surface area (Å²) < 4.78 is 5.44. The Labute approximate surface area is 115 Å². The van der Waals surface area contributed by atoms with Gasteiger partial charge >= 0.3 is 0 Å². The van der Waals surface area contributed by atoms with E-state index in [1.165, 1.54) is 19.3 Å². The zero-order valence-electron chi connectivity index (χ0n) is 11.2. The summed E-state index contributed by atoms with van der Waals surface area (Å²) in [5.74, 6) is 0.834. The van der Waals surface area contributed by atoms with Gasteiger partial charge in [-0.1, -0.05) is 19.3 Å². The lowest BCUT2D eigenvalue weighted by Gasteiger charge is -2.36. The van der Waals surface area contributed by atoms with Crippen molar-refractivity contribution < 1.29 is 9.53 Å². The van der Waals surface area contributed by atoms with Crippen LogP contribution in [-0.2, 0) is 9.53 Å². The zero-order chi connectivity index (χ0) is 13.0. The van der Waals surface area contributed by atoms with Crippen molar-refractivity contribution in [3.63, 3.8) is 0 Å². The van der Waals surface area contributed by atoms with E-state index < -0.39 is 0 Å². The van der Waals surface area contributed by atoms with E-state index in [0.29, 0.717) is 12.5 Å². The van der Waals surface area contributed by atoms with E-state index in [1.807, 2.05) is 6.92 Å². The number of hydrogen-bond acceptors (Lipinski definition) is 2. The fraction of sp³-hybridized carbons (Fsp3) is 0.929. The number of rotatable bonds is 4. The average molecular weight is 274 g/mol. The molecule has 2 fully saturated rings. The Balaban J connectivity index is 1.83. The van der Waals surface area contributed by atoms with Crippen molar-refractivity contribution in [2.24, 2.45) is 11.3 Å². The number of ether oxygens (including phenoxy) is 1. The molecule has 4 heteroatoms. The van der Waals surface area contributed by atoms with Crippen LogP contribution >= 0.6 is 11.6 Å². The van der Waals surface area contributed by atoms with Crippen molar-refractivity contribution in [1.29, 1.82) is 0 Å². The van der Waals surface area contributed by atoms with Crippen LogP contribution in [0.25, 0.3) is 0 Å². The number of amides is 1. The fourth-order valence-corrected chi connectivity index (χ4v) is 3.50. The maximum absolute atomic E-state index is 12.1. The molecule has 2 atom stereocenters. The molecule has 2 rings (SSSR count). The summed E-state index contributed by atoms with van der Waals surface area (Å²) in [4.78, 5) is 12.1. The number of carbonyl (C=O) groups is 1. The normalized spacial score (nSPS) is 31.2. The zero-order valence-corrected chi connectivity index (χ0v) is 12.0. The molecule has 1 amide bonds. The maximum Gasteiger partial charge on any atom is 0.225 e. The number of hydrogen-bond donors (Lipinski definition) is 1. The van der Waals surface area contributed by atoms with Gasteiger partial charge in [0.05, 0.1) is 12.0 Å². The third kappa shape index (κ3) is 3.18. The van der Waals surface area contributed by atoms with E-state index in [-0.39, 0.29) is 23.3 Å². The Morgan fingerprint density at radius 1 is 1.39 bits per heavy atom. The van der Waals surface area contributed by atoms with Gasteiger partial charge in [0.15, 0.2) is 0 Å². The minimum atomic E-state index is 0.0287. The molecule has 2 aliphatic rings. The van der Waals surface area contributed by atoms with Crippen LogP contribution in [0.3, 0.4) is 0 Å². The molecule has 18 heavy (non-hydrogen) atoms. The van der Waals surface area contributed by atoms with Crippen LogP contribution in [0.15, 0.2) is 0 Å². The largest absolute Gasteiger partial charge is 0.378 e. The van der Waals surface area contributed by atoms with Crippen LogP contribution in [-0.4, -0.2) is 31.0 Å². The third-order valence-corrected chi connectivity index (χ3v) is 5.12. The van der Waals surface area contributed by atoms with E-state index in [9.17, 15) is 4.79 Å². The first-order valence-corrected chi connectivity index (χ1v) is 7.66. The lowest BCUT2D eigenvalue weighted by atomic mass is 9.75. The van der Waals surface area contributed by atoms with Crippen molar-refractivity contribution in [1.82, 2.24) is 5.32 Å². The van der Waals surface area contributed by atoms with E-state index in [4.69, 9.17) is 16.3 Å². The molecule has 104 valence electrons. The second kappa shape index (κ2) is 6.25. The van der Waals surface area contributed by atoms with Crippen LogP contribution in [0.4, 0.5) is 0 Å². The van der Waals surface area contributed by atoms with E-state index >= 15 is 0 Å². The summed E-state index contributed by atoms with van der Waals surface area (Å²) in [6.45, 7) is 3.42. The number of halogens is 1. The molecule has 1 saturated carbocycles. The van der Waals surface area contributed by atoms with E-state index in [2.05, 4.69) is 5.32 Å². The van der Waals surface area contributed by atoms with Crippen molar-refractivity contribution in [2.45, 2.75) is 51.6 Å². The smallest absolute Gasteiger partial charge is 0.225 e. The summed E-state index contributed by atoms with van der Waals surface area (Å²) in [5.41, 5.74) is 0.137. The third-order valence-electron chi connectivity index (χ3n) is 4.55. The van der Waals surface area contributed by atoms with Crippen molar-refractivity contribution >= 4 is 17.5 Å². The molecule has 0 spiro atoms. The molecule has 0 aromatic carbocycles.